The smallest absolute Gasteiger partial charge is 0.220 e. The van der Waals surface area contributed by atoms with Crippen LogP contribution in [0, 0.1) is 12.7 Å². The molecule has 126 valence electrons. The Hall–Kier alpha value is -2.11. The van der Waals surface area contributed by atoms with E-state index in [0.29, 0.717) is 37.1 Å². The summed E-state index contributed by atoms with van der Waals surface area (Å²) in [5.41, 5.74) is 1.63. The molecule has 0 atom stereocenters. The molecule has 1 aromatic carbocycles. The topological polar surface area (TPSA) is 65.5 Å². The number of nitrogens with one attached hydrogen (secondary N) is 3. The molecule has 0 unspecified atom stereocenters. The molecule has 0 saturated heterocycles. The van der Waals surface area contributed by atoms with E-state index in [4.69, 9.17) is 0 Å². The number of hydrogen-bond acceptors (Lipinski definition) is 2. The molecule has 1 amide bonds. The van der Waals surface area contributed by atoms with Gasteiger partial charge < -0.3 is 16.0 Å². The van der Waals surface area contributed by atoms with Gasteiger partial charge in [0.15, 0.2) is 5.96 Å². The summed E-state index contributed by atoms with van der Waals surface area (Å²) in [7, 11) is 1.70. The van der Waals surface area contributed by atoms with E-state index in [2.05, 4.69) is 20.9 Å². The zero-order valence-corrected chi connectivity index (χ0v) is 13.8. The van der Waals surface area contributed by atoms with E-state index < -0.39 is 0 Å². The van der Waals surface area contributed by atoms with Crippen molar-refractivity contribution in [2.75, 3.05) is 13.6 Å². The number of benzene rings is 1. The number of nitrogens with zero attached hydrogens (tertiary/aromatic N) is 1. The average molecular weight is 320 g/mol. The van der Waals surface area contributed by atoms with Crippen LogP contribution in [0.15, 0.2) is 23.2 Å². The molecule has 0 heterocycles. The number of carbonyl (C=O) groups is 1. The van der Waals surface area contributed by atoms with Crippen molar-refractivity contribution in [3.8, 4) is 0 Å². The van der Waals surface area contributed by atoms with Crippen LogP contribution in [-0.4, -0.2) is 31.5 Å². The summed E-state index contributed by atoms with van der Waals surface area (Å²) in [4.78, 5) is 15.7. The number of guanidine groups is 1. The van der Waals surface area contributed by atoms with Crippen molar-refractivity contribution in [1.29, 1.82) is 0 Å². The average Bonchev–Trinajstić information content (AvgIpc) is 3.34. The summed E-state index contributed by atoms with van der Waals surface area (Å²) >= 11 is 0. The maximum atomic E-state index is 13.2. The first-order valence-corrected chi connectivity index (χ1v) is 8.07. The zero-order valence-electron chi connectivity index (χ0n) is 13.8. The van der Waals surface area contributed by atoms with Crippen LogP contribution in [0.3, 0.4) is 0 Å². The molecule has 2 rings (SSSR count). The van der Waals surface area contributed by atoms with Gasteiger partial charge in [-0.3, -0.25) is 9.79 Å². The van der Waals surface area contributed by atoms with Crippen LogP contribution in [0.4, 0.5) is 4.39 Å². The molecule has 1 aliphatic rings. The summed E-state index contributed by atoms with van der Waals surface area (Å²) in [5.74, 6) is 0.606. The second kappa shape index (κ2) is 8.50. The largest absolute Gasteiger partial charge is 0.356 e. The van der Waals surface area contributed by atoms with Gasteiger partial charge >= 0.3 is 0 Å². The minimum absolute atomic E-state index is 0.124. The van der Waals surface area contributed by atoms with Gasteiger partial charge in [-0.2, -0.15) is 0 Å². The van der Waals surface area contributed by atoms with E-state index in [9.17, 15) is 9.18 Å². The maximum absolute atomic E-state index is 13.2. The van der Waals surface area contributed by atoms with Gasteiger partial charge in [-0.15, -0.1) is 0 Å². The van der Waals surface area contributed by atoms with Crippen LogP contribution < -0.4 is 16.0 Å². The second-order valence-corrected chi connectivity index (χ2v) is 5.88. The minimum Gasteiger partial charge on any atom is -0.356 e. The van der Waals surface area contributed by atoms with Gasteiger partial charge in [0, 0.05) is 32.6 Å². The molecule has 0 bridgehead atoms. The van der Waals surface area contributed by atoms with Crippen molar-refractivity contribution in [2.24, 2.45) is 4.99 Å². The lowest BCUT2D eigenvalue weighted by molar-refractivity contribution is -0.121. The predicted molar refractivity (Wildman–Crippen MR) is 89.7 cm³/mol. The first-order valence-electron chi connectivity index (χ1n) is 8.07. The van der Waals surface area contributed by atoms with E-state index in [1.807, 2.05) is 6.07 Å². The van der Waals surface area contributed by atoms with Crippen LogP contribution in [0.1, 0.15) is 36.8 Å². The van der Waals surface area contributed by atoms with Gasteiger partial charge in [-0.05, 0) is 43.4 Å². The fraction of sp³-hybridized carbons (Fsp3) is 0.529. The number of amides is 1. The highest BCUT2D eigenvalue weighted by atomic mass is 19.1. The van der Waals surface area contributed by atoms with E-state index in [1.54, 1.807) is 20.0 Å². The highest BCUT2D eigenvalue weighted by molar-refractivity contribution is 5.80. The van der Waals surface area contributed by atoms with Gasteiger partial charge in [-0.1, -0.05) is 12.1 Å². The second-order valence-electron chi connectivity index (χ2n) is 5.88. The third-order valence-corrected chi connectivity index (χ3v) is 3.72. The SMILES string of the molecule is CN=C(NCCCC(=O)NC1CC1)NCc1ccc(F)c(C)c1. The van der Waals surface area contributed by atoms with Crippen molar-refractivity contribution in [3.05, 3.63) is 35.1 Å². The summed E-state index contributed by atoms with van der Waals surface area (Å²) in [6.07, 6.45) is 3.51. The van der Waals surface area contributed by atoms with Crippen LogP contribution >= 0.6 is 0 Å². The molecule has 0 spiro atoms. The number of halogens is 1. The number of rotatable bonds is 7. The molecule has 1 aromatic rings. The molecule has 23 heavy (non-hydrogen) atoms. The van der Waals surface area contributed by atoms with Crippen LogP contribution in [0.5, 0.6) is 0 Å². The van der Waals surface area contributed by atoms with Crippen LogP contribution in [-0.2, 0) is 11.3 Å². The lowest BCUT2D eigenvalue weighted by atomic mass is 10.1. The molecule has 5 nitrogen and oxygen atoms in total. The Kier molecular flexibility index (Phi) is 6.38. The number of aliphatic imine (C=N–C) groups is 1. The third kappa shape index (κ3) is 6.26. The van der Waals surface area contributed by atoms with Gasteiger partial charge in [-0.25, -0.2) is 4.39 Å². The molecule has 0 aromatic heterocycles. The lowest BCUT2D eigenvalue weighted by Gasteiger charge is -2.12. The molecular formula is C17H25FN4O. The van der Waals surface area contributed by atoms with Gasteiger partial charge in [0.05, 0.1) is 0 Å². The maximum Gasteiger partial charge on any atom is 0.220 e. The van der Waals surface area contributed by atoms with E-state index in [1.165, 1.54) is 6.07 Å². The summed E-state index contributed by atoms with van der Waals surface area (Å²) < 4.78 is 13.2. The Bertz CT molecular complexity index is 570. The monoisotopic (exact) mass is 320 g/mol. The van der Waals surface area contributed by atoms with Gasteiger partial charge in [0.25, 0.3) is 0 Å². The normalized spacial score (nSPS) is 14.5. The molecule has 0 radical (unpaired) electrons. The van der Waals surface area contributed by atoms with Crippen molar-refractivity contribution in [1.82, 2.24) is 16.0 Å². The third-order valence-electron chi connectivity index (χ3n) is 3.72. The quantitative estimate of drug-likeness (QED) is 0.408. The van der Waals surface area contributed by atoms with Crippen molar-refractivity contribution in [2.45, 2.75) is 45.2 Å². The Morgan fingerprint density at radius 2 is 2.13 bits per heavy atom. The molecule has 1 fully saturated rings. The summed E-state index contributed by atoms with van der Waals surface area (Å²) in [6.45, 7) is 3.00. The number of carbonyl (C=O) groups excluding carboxylic acids is 1. The van der Waals surface area contributed by atoms with E-state index in [-0.39, 0.29) is 11.7 Å². The van der Waals surface area contributed by atoms with Crippen LogP contribution in [0.2, 0.25) is 0 Å². The molecule has 3 N–H and O–H groups in total. The number of aryl methyl sites for hydroxylation is 1. The Balaban J connectivity index is 1.64. The zero-order chi connectivity index (χ0) is 16.7. The van der Waals surface area contributed by atoms with E-state index >= 15 is 0 Å². The van der Waals surface area contributed by atoms with Crippen molar-refractivity contribution in [3.63, 3.8) is 0 Å². The Morgan fingerprint density at radius 3 is 2.78 bits per heavy atom. The highest BCUT2D eigenvalue weighted by Gasteiger charge is 2.22. The standard InChI is InChI=1S/C17H25FN4O/c1-12-10-13(5-8-15(12)18)11-21-17(19-2)20-9-3-4-16(23)22-14-6-7-14/h5,8,10,14H,3-4,6-7,9,11H2,1-2H3,(H,22,23)(H2,19,20,21). The molecule has 0 aliphatic heterocycles. The predicted octanol–water partition coefficient (Wildman–Crippen LogP) is 1.86. The van der Waals surface area contributed by atoms with Crippen molar-refractivity contribution >= 4 is 11.9 Å². The highest BCUT2D eigenvalue weighted by Crippen LogP contribution is 2.18. The van der Waals surface area contributed by atoms with Crippen molar-refractivity contribution < 1.29 is 9.18 Å². The lowest BCUT2D eigenvalue weighted by Crippen LogP contribution is -2.37. The van der Waals surface area contributed by atoms with Gasteiger partial charge in [0.2, 0.25) is 5.91 Å². The molecular weight excluding hydrogens is 295 g/mol. The fourth-order valence-corrected chi connectivity index (χ4v) is 2.21. The first kappa shape index (κ1) is 17.2. The summed E-state index contributed by atoms with van der Waals surface area (Å²) in [6, 6.07) is 5.47. The Labute approximate surface area is 136 Å². The fourth-order valence-electron chi connectivity index (χ4n) is 2.21. The number of hydrogen-bond donors (Lipinski definition) is 3. The van der Waals surface area contributed by atoms with Crippen LogP contribution in [0.25, 0.3) is 0 Å². The first-order chi connectivity index (χ1) is 11.1. The molecule has 6 heteroatoms. The van der Waals surface area contributed by atoms with Gasteiger partial charge in [0.1, 0.15) is 5.82 Å². The minimum atomic E-state index is -0.194. The Morgan fingerprint density at radius 1 is 1.35 bits per heavy atom. The summed E-state index contributed by atoms with van der Waals surface area (Å²) in [5, 5.41) is 9.32. The van der Waals surface area contributed by atoms with E-state index in [0.717, 1.165) is 24.8 Å². The molecule has 1 aliphatic carbocycles. The molecule has 1 saturated carbocycles.